The van der Waals surface area contributed by atoms with Crippen LogP contribution < -0.4 is 0 Å². The van der Waals surface area contributed by atoms with Crippen LogP contribution in [0.3, 0.4) is 0 Å². The summed E-state index contributed by atoms with van der Waals surface area (Å²) in [5, 5.41) is 27.7. The second kappa shape index (κ2) is 8.96. The van der Waals surface area contributed by atoms with Gasteiger partial charge in [-0.05, 0) is 108 Å². The maximum atomic E-state index is 12.6. The van der Waals surface area contributed by atoms with Crippen LogP contribution >= 0.6 is 0 Å². The highest BCUT2D eigenvalue weighted by Crippen LogP contribution is 2.53. The van der Waals surface area contributed by atoms with E-state index in [1.807, 2.05) is 19.1 Å². The molecule has 0 bridgehead atoms. The third-order valence-corrected chi connectivity index (χ3v) is 9.22. The first-order chi connectivity index (χ1) is 16.2. The molecule has 0 spiro atoms. The molecule has 2 aromatic rings. The summed E-state index contributed by atoms with van der Waals surface area (Å²) in [5.74, 6) is 1.11. The largest absolute Gasteiger partial charge is 0.508 e. The molecule has 1 aliphatic carbocycles. The van der Waals surface area contributed by atoms with E-state index in [9.17, 15) is 10.2 Å². The molecule has 0 amide bonds. The van der Waals surface area contributed by atoms with Gasteiger partial charge in [0.05, 0.1) is 17.8 Å². The van der Waals surface area contributed by atoms with Crippen molar-refractivity contribution in [3.8, 4) is 5.75 Å². The highest BCUT2D eigenvalue weighted by Gasteiger charge is 2.59. The molecule has 186 valence electrons. The van der Waals surface area contributed by atoms with E-state index in [0.717, 1.165) is 75.7 Å². The van der Waals surface area contributed by atoms with Crippen LogP contribution in [-0.4, -0.2) is 74.2 Å². The summed E-state index contributed by atoms with van der Waals surface area (Å²) in [5.41, 5.74) is 3.42. The SMILES string of the molecule is Cc1cc(C)n(CCN2CCC3(c4cc(O)ccc4C)CCN(CC4CC4)C(C)C3(O)CC2)n1. The van der Waals surface area contributed by atoms with Crippen molar-refractivity contribution >= 4 is 0 Å². The van der Waals surface area contributed by atoms with Crippen molar-refractivity contribution < 1.29 is 10.2 Å². The smallest absolute Gasteiger partial charge is 0.115 e. The molecule has 3 heterocycles. The van der Waals surface area contributed by atoms with Gasteiger partial charge in [0, 0.05) is 36.8 Å². The summed E-state index contributed by atoms with van der Waals surface area (Å²) in [6.07, 6.45) is 5.27. The minimum Gasteiger partial charge on any atom is -0.508 e. The van der Waals surface area contributed by atoms with Gasteiger partial charge in [0.1, 0.15) is 5.75 Å². The highest BCUT2D eigenvalue weighted by molar-refractivity contribution is 5.43. The van der Waals surface area contributed by atoms with Crippen LogP contribution in [0.2, 0.25) is 0 Å². The Balaban J connectivity index is 1.44. The zero-order valence-electron chi connectivity index (χ0n) is 21.4. The van der Waals surface area contributed by atoms with Gasteiger partial charge >= 0.3 is 0 Å². The number of likely N-dealkylation sites (tertiary alicyclic amines) is 2. The van der Waals surface area contributed by atoms with Crippen molar-refractivity contribution in [1.82, 2.24) is 19.6 Å². The number of aryl methyl sites for hydroxylation is 3. The second-order valence-corrected chi connectivity index (χ2v) is 11.4. The van der Waals surface area contributed by atoms with E-state index in [1.165, 1.54) is 24.1 Å². The van der Waals surface area contributed by atoms with Gasteiger partial charge in [-0.25, -0.2) is 0 Å². The predicted molar refractivity (Wildman–Crippen MR) is 135 cm³/mol. The number of aromatic hydroxyl groups is 1. The summed E-state index contributed by atoms with van der Waals surface area (Å²) in [6.45, 7) is 14.3. The van der Waals surface area contributed by atoms with E-state index < -0.39 is 5.60 Å². The standard InChI is InChI=1S/C28H42N4O2/c1-20-5-8-25(33)18-26(20)27-9-12-30(15-16-32-22(3)17-21(2)29-32)13-11-28(27,34)23(4)31(14-10-27)19-24-6-7-24/h5,8,17-18,23-24,33-34H,6-7,9-16,19H2,1-4H3. The van der Waals surface area contributed by atoms with E-state index in [0.29, 0.717) is 5.75 Å². The summed E-state index contributed by atoms with van der Waals surface area (Å²) >= 11 is 0. The lowest BCUT2D eigenvalue weighted by atomic mass is 9.57. The highest BCUT2D eigenvalue weighted by atomic mass is 16.3. The molecule has 6 nitrogen and oxygen atoms in total. The third-order valence-electron chi connectivity index (χ3n) is 9.22. The maximum Gasteiger partial charge on any atom is 0.115 e. The molecule has 1 aromatic heterocycles. The van der Waals surface area contributed by atoms with Gasteiger partial charge in [-0.3, -0.25) is 9.58 Å². The van der Waals surface area contributed by atoms with E-state index in [4.69, 9.17) is 0 Å². The van der Waals surface area contributed by atoms with Crippen molar-refractivity contribution in [2.45, 2.75) is 83.4 Å². The maximum absolute atomic E-state index is 12.6. The molecule has 3 fully saturated rings. The van der Waals surface area contributed by atoms with Crippen LogP contribution in [0.5, 0.6) is 5.75 Å². The average Bonchev–Trinajstić information content (AvgIpc) is 3.58. The molecular formula is C28H42N4O2. The molecule has 1 aromatic carbocycles. The van der Waals surface area contributed by atoms with Gasteiger partial charge in [-0.15, -0.1) is 0 Å². The number of benzene rings is 1. The fourth-order valence-corrected chi connectivity index (χ4v) is 6.90. The molecule has 3 aliphatic rings. The Labute approximate surface area is 204 Å². The average molecular weight is 467 g/mol. The summed E-state index contributed by atoms with van der Waals surface area (Å²) < 4.78 is 2.11. The Kier molecular flexibility index (Phi) is 6.28. The van der Waals surface area contributed by atoms with Crippen molar-refractivity contribution in [3.63, 3.8) is 0 Å². The van der Waals surface area contributed by atoms with Crippen molar-refractivity contribution in [2.75, 3.05) is 32.7 Å². The van der Waals surface area contributed by atoms with E-state index >= 15 is 0 Å². The van der Waals surface area contributed by atoms with Gasteiger partial charge in [-0.1, -0.05) is 6.07 Å². The minimum absolute atomic E-state index is 0.0968. The molecule has 34 heavy (non-hydrogen) atoms. The monoisotopic (exact) mass is 466 g/mol. The number of aromatic nitrogens is 2. The van der Waals surface area contributed by atoms with Crippen molar-refractivity contribution in [3.05, 3.63) is 46.8 Å². The van der Waals surface area contributed by atoms with Gasteiger partial charge in [-0.2, -0.15) is 5.10 Å². The molecule has 2 aliphatic heterocycles. The molecule has 1 saturated carbocycles. The lowest BCUT2D eigenvalue weighted by Crippen LogP contribution is -2.68. The number of phenolic OH excluding ortho intramolecular Hbond substituents is 1. The Morgan fingerprint density at radius 2 is 1.74 bits per heavy atom. The van der Waals surface area contributed by atoms with Gasteiger partial charge in [0.15, 0.2) is 0 Å². The summed E-state index contributed by atoms with van der Waals surface area (Å²) in [4.78, 5) is 5.07. The number of nitrogens with zero attached hydrogens (tertiary/aromatic N) is 4. The van der Waals surface area contributed by atoms with Crippen molar-refractivity contribution in [2.24, 2.45) is 5.92 Å². The fraction of sp³-hybridized carbons (Fsp3) is 0.679. The van der Waals surface area contributed by atoms with Crippen LogP contribution in [0.1, 0.15) is 61.5 Å². The van der Waals surface area contributed by atoms with Gasteiger partial charge in [0.2, 0.25) is 0 Å². The first kappa shape index (κ1) is 23.8. The number of fused-ring (bicyclic) bond motifs is 1. The minimum atomic E-state index is -0.828. The predicted octanol–water partition coefficient (Wildman–Crippen LogP) is 3.78. The van der Waals surface area contributed by atoms with Crippen LogP contribution in [0, 0.1) is 26.7 Å². The summed E-state index contributed by atoms with van der Waals surface area (Å²) in [6, 6.07) is 7.97. The Morgan fingerprint density at radius 1 is 1.00 bits per heavy atom. The second-order valence-electron chi connectivity index (χ2n) is 11.4. The Morgan fingerprint density at radius 3 is 2.44 bits per heavy atom. The molecule has 0 radical (unpaired) electrons. The van der Waals surface area contributed by atoms with Crippen LogP contribution in [0.25, 0.3) is 0 Å². The quantitative estimate of drug-likeness (QED) is 0.678. The lowest BCUT2D eigenvalue weighted by molar-refractivity contribution is -0.136. The van der Waals surface area contributed by atoms with Gasteiger partial charge < -0.3 is 15.1 Å². The van der Waals surface area contributed by atoms with Crippen LogP contribution in [0.15, 0.2) is 24.3 Å². The normalized spacial score (nSPS) is 30.8. The zero-order valence-corrected chi connectivity index (χ0v) is 21.4. The first-order valence-electron chi connectivity index (χ1n) is 13.2. The molecule has 2 saturated heterocycles. The molecule has 3 atom stereocenters. The number of hydrogen-bond donors (Lipinski definition) is 2. The van der Waals surface area contributed by atoms with Crippen LogP contribution in [0.4, 0.5) is 0 Å². The van der Waals surface area contributed by atoms with E-state index in [1.54, 1.807) is 6.07 Å². The van der Waals surface area contributed by atoms with Gasteiger partial charge in [0.25, 0.3) is 0 Å². The number of aliphatic hydroxyl groups is 1. The third kappa shape index (κ3) is 4.18. The van der Waals surface area contributed by atoms with Crippen LogP contribution in [-0.2, 0) is 12.0 Å². The zero-order chi connectivity index (χ0) is 24.1. The Bertz CT molecular complexity index is 1030. The number of rotatable bonds is 6. The first-order valence-corrected chi connectivity index (χ1v) is 13.2. The molecular weight excluding hydrogens is 424 g/mol. The van der Waals surface area contributed by atoms with E-state index in [-0.39, 0.29) is 11.5 Å². The summed E-state index contributed by atoms with van der Waals surface area (Å²) in [7, 11) is 0. The van der Waals surface area contributed by atoms with E-state index in [2.05, 4.69) is 46.4 Å². The number of hydrogen-bond acceptors (Lipinski definition) is 5. The van der Waals surface area contributed by atoms with Crippen molar-refractivity contribution in [1.29, 1.82) is 0 Å². The number of piperidine rings is 1. The molecule has 6 heteroatoms. The molecule has 2 N–H and O–H groups in total. The molecule has 3 unspecified atom stereocenters. The Hall–Kier alpha value is -1.89. The number of phenols is 1. The molecule has 5 rings (SSSR count). The fourth-order valence-electron chi connectivity index (χ4n) is 6.90. The topological polar surface area (TPSA) is 64.8 Å². The lowest BCUT2D eigenvalue weighted by Gasteiger charge is -2.58.